The molecule has 3 nitrogen and oxygen atoms in total. The van der Waals surface area contributed by atoms with Crippen molar-refractivity contribution in [3.8, 4) is 0 Å². The van der Waals surface area contributed by atoms with Crippen LogP contribution in [0.1, 0.15) is 24.0 Å². The van der Waals surface area contributed by atoms with Crippen LogP contribution in [0, 0.1) is 5.92 Å². The van der Waals surface area contributed by atoms with E-state index < -0.39 is 11.7 Å². The maximum atomic E-state index is 12.9. The normalized spacial score (nSPS) is 18.8. The molecule has 1 fully saturated rings. The summed E-state index contributed by atoms with van der Waals surface area (Å²) >= 11 is 1.75. The summed E-state index contributed by atoms with van der Waals surface area (Å²) in [5.41, 5.74) is -0.606. The molecule has 1 aliphatic rings. The van der Waals surface area contributed by atoms with Gasteiger partial charge in [-0.3, -0.25) is 0 Å². The number of urea groups is 1. The molecule has 1 atom stereocenters. The molecule has 0 bridgehead atoms. The zero-order chi connectivity index (χ0) is 16.9. The minimum Gasteiger partial charge on any atom is -0.334 e. The monoisotopic (exact) mass is 346 g/mol. The summed E-state index contributed by atoms with van der Waals surface area (Å²) in [4.78, 5) is 13.9. The molecule has 1 N–H and O–H groups in total. The number of hydrogen-bond donors (Lipinski definition) is 1. The standard InChI is InChI=1S/C16H21F3N2OS/c1-23-11-12-5-4-8-21(10-12)15(22)20-9-13-6-2-3-7-14(13)16(17,18)19/h2-3,6-7,12H,4-5,8-11H2,1H3,(H,20,22)/t12-/m1/s1. The average Bonchev–Trinajstić information content (AvgIpc) is 2.52. The molecule has 7 heteroatoms. The van der Waals surface area contributed by atoms with E-state index in [1.165, 1.54) is 12.1 Å². The smallest absolute Gasteiger partial charge is 0.334 e. The van der Waals surface area contributed by atoms with Crippen molar-refractivity contribution in [2.75, 3.05) is 25.1 Å². The van der Waals surface area contributed by atoms with Crippen molar-refractivity contribution in [3.63, 3.8) is 0 Å². The number of rotatable bonds is 4. The van der Waals surface area contributed by atoms with Gasteiger partial charge in [-0.1, -0.05) is 18.2 Å². The molecular weight excluding hydrogens is 325 g/mol. The van der Waals surface area contributed by atoms with E-state index in [0.717, 1.165) is 24.7 Å². The molecule has 1 aromatic rings. The molecule has 0 saturated carbocycles. The van der Waals surface area contributed by atoms with Crippen molar-refractivity contribution < 1.29 is 18.0 Å². The van der Waals surface area contributed by atoms with Crippen molar-refractivity contribution in [1.29, 1.82) is 0 Å². The largest absolute Gasteiger partial charge is 0.416 e. The van der Waals surface area contributed by atoms with Gasteiger partial charge < -0.3 is 10.2 Å². The fourth-order valence-electron chi connectivity index (χ4n) is 2.85. The van der Waals surface area contributed by atoms with Gasteiger partial charge in [0.1, 0.15) is 0 Å². The number of amides is 2. The Bertz CT molecular complexity index is 534. The van der Waals surface area contributed by atoms with E-state index in [1.54, 1.807) is 22.7 Å². The molecule has 2 amide bonds. The first-order valence-corrected chi connectivity index (χ1v) is 8.98. The van der Waals surface area contributed by atoms with Gasteiger partial charge in [-0.15, -0.1) is 0 Å². The van der Waals surface area contributed by atoms with E-state index in [0.29, 0.717) is 19.0 Å². The Morgan fingerprint density at radius 2 is 2.13 bits per heavy atom. The Morgan fingerprint density at radius 3 is 2.83 bits per heavy atom. The molecule has 1 aromatic carbocycles. The number of hydrogen-bond acceptors (Lipinski definition) is 2. The van der Waals surface area contributed by atoms with Gasteiger partial charge >= 0.3 is 12.2 Å². The zero-order valence-electron chi connectivity index (χ0n) is 13.0. The first-order chi connectivity index (χ1) is 10.9. The lowest BCUT2D eigenvalue weighted by atomic mass is 10.0. The van der Waals surface area contributed by atoms with Crippen molar-refractivity contribution in [3.05, 3.63) is 35.4 Å². The number of nitrogens with zero attached hydrogens (tertiary/aromatic N) is 1. The second kappa shape index (κ2) is 7.95. The Hall–Kier alpha value is -1.37. The average molecular weight is 346 g/mol. The van der Waals surface area contributed by atoms with Gasteiger partial charge in [-0.2, -0.15) is 24.9 Å². The maximum absolute atomic E-state index is 12.9. The third-order valence-electron chi connectivity index (χ3n) is 3.96. The van der Waals surface area contributed by atoms with Gasteiger partial charge in [-0.05, 0) is 42.4 Å². The van der Waals surface area contributed by atoms with Gasteiger partial charge in [0.2, 0.25) is 0 Å². The molecule has 2 rings (SSSR count). The number of halogens is 3. The highest BCUT2D eigenvalue weighted by Gasteiger charge is 2.33. The van der Waals surface area contributed by atoms with Gasteiger partial charge in [-0.25, -0.2) is 4.79 Å². The first kappa shape index (κ1) is 18.0. The van der Waals surface area contributed by atoms with Crippen LogP contribution in [0.2, 0.25) is 0 Å². The third-order valence-corrected chi connectivity index (χ3v) is 4.77. The molecule has 1 saturated heterocycles. The number of benzene rings is 1. The van der Waals surface area contributed by atoms with Gasteiger partial charge in [0.15, 0.2) is 0 Å². The number of nitrogens with one attached hydrogen (secondary N) is 1. The maximum Gasteiger partial charge on any atom is 0.416 e. The number of carbonyl (C=O) groups is 1. The van der Waals surface area contributed by atoms with Crippen molar-refractivity contribution in [2.24, 2.45) is 5.92 Å². The van der Waals surface area contributed by atoms with Crippen LogP contribution in [0.25, 0.3) is 0 Å². The van der Waals surface area contributed by atoms with E-state index in [2.05, 4.69) is 5.32 Å². The van der Waals surface area contributed by atoms with Crippen molar-refractivity contribution in [2.45, 2.75) is 25.6 Å². The summed E-state index contributed by atoms with van der Waals surface area (Å²) in [7, 11) is 0. The van der Waals surface area contributed by atoms with E-state index in [-0.39, 0.29) is 18.1 Å². The predicted molar refractivity (Wildman–Crippen MR) is 86.4 cm³/mol. The van der Waals surface area contributed by atoms with Crippen LogP contribution in [-0.4, -0.2) is 36.0 Å². The minimum absolute atomic E-state index is 0.0889. The van der Waals surface area contributed by atoms with Crippen molar-refractivity contribution in [1.82, 2.24) is 10.2 Å². The highest BCUT2D eigenvalue weighted by atomic mass is 32.2. The Kier molecular flexibility index (Phi) is 6.21. The summed E-state index contributed by atoms with van der Waals surface area (Å²) in [6.45, 7) is 1.23. The second-order valence-corrected chi connectivity index (χ2v) is 6.63. The van der Waals surface area contributed by atoms with Gasteiger partial charge in [0.25, 0.3) is 0 Å². The van der Waals surface area contributed by atoms with Crippen LogP contribution in [0.3, 0.4) is 0 Å². The third kappa shape index (κ3) is 5.06. The van der Waals surface area contributed by atoms with Gasteiger partial charge in [0, 0.05) is 19.6 Å². The quantitative estimate of drug-likeness (QED) is 0.894. The lowest BCUT2D eigenvalue weighted by Gasteiger charge is -2.32. The molecule has 1 heterocycles. The second-order valence-electron chi connectivity index (χ2n) is 5.72. The number of carbonyl (C=O) groups excluding carboxylic acids is 1. The lowest BCUT2D eigenvalue weighted by Crippen LogP contribution is -2.45. The van der Waals surface area contributed by atoms with E-state index in [9.17, 15) is 18.0 Å². The molecule has 23 heavy (non-hydrogen) atoms. The molecule has 0 unspecified atom stereocenters. The SMILES string of the molecule is CSC[C@@H]1CCCN(C(=O)NCc2ccccc2C(F)(F)F)C1. The zero-order valence-corrected chi connectivity index (χ0v) is 13.8. The highest BCUT2D eigenvalue weighted by molar-refractivity contribution is 7.98. The minimum atomic E-state index is -4.41. The summed E-state index contributed by atoms with van der Waals surface area (Å²) in [6.07, 6.45) is -0.331. The Labute approximate surface area is 138 Å². The van der Waals surface area contributed by atoms with Crippen molar-refractivity contribution >= 4 is 17.8 Å². The number of likely N-dealkylation sites (tertiary alicyclic amines) is 1. The fraction of sp³-hybridized carbons (Fsp3) is 0.562. The molecule has 0 aliphatic carbocycles. The Morgan fingerprint density at radius 1 is 1.39 bits per heavy atom. The summed E-state index contributed by atoms with van der Waals surface area (Å²) < 4.78 is 38.8. The number of thioether (sulfide) groups is 1. The molecule has 0 radical (unpaired) electrons. The van der Waals surface area contributed by atoms with E-state index in [1.807, 2.05) is 6.26 Å². The molecule has 128 valence electrons. The first-order valence-electron chi connectivity index (χ1n) is 7.58. The van der Waals surface area contributed by atoms with E-state index in [4.69, 9.17) is 0 Å². The van der Waals surface area contributed by atoms with Crippen LogP contribution >= 0.6 is 11.8 Å². The van der Waals surface area contributed by atoms with E-state index >= 15 is 0 Å². The number of piperidine rings is 1. The highest BCUT2D eigenvalue weighted by Crippen LogP contribution is 2.31. The van der Waals surface area contributed by atoms with Crippen LogP contribution in [0.15, 0.2) is 24.3 Å². The number of alkyl halides is 3. The molecule has 0 spiro atoms. The lowest BCUT2D eigenvalue weighted by molar-refractivity contribution is -0.138. The Balaban J connectivity index is 1.95. The molecule has 1 aliphatic heterocycles. The predicted octanol–water partition coefficient (Wildman–Crippen LogP) is 3.99. The summed E-state index contributed by atoms with van der Waals surface area (Å²) in [5.74, 6) is 1.47. The van der Waals surface area contributed by atoms with Crippen LogP contribution in [-0.2, 0) is 12.7 Å². The van der Waals surface area contributed by atoms with Gasteiger partial charge in [0.05, 0.1) is 5.56 Å². The fourth-order valence-corrected chi connectivity index (χ4v) is 3.60. The van der Waals surface area contributed by atoms with Crippen LogP contribution < -0.4 is 5.32 Å². The van der Waals surface area contributed by atoms with Crippen LogP contribution in [0.5, 0.6) is 0 Å². The van der Waals surface area contributed by atoms with Crippen LogP contribution in [0.4, 0.5) is 18.0 Å². The summed E-state index contributed by atoms with van der Waals surface area (Å²) in [6, 6.07) is 5.05. The molecule has 0 aromatic heterocycles. The molecular formula is C16H21F3N2OS. The topological polar surface area (TPSA) is 32.3 Å². The summed E-state index contributed by atoms with van der Waals surface area (Å²) in [5, 5.41) is 2.62.